The van der Waals surface area contributed by atoms with Crippen molar-refractivity contribution in [1.82, 2.24) is 9.97 Å². The van der Waals surface area contributed by atoms with Crippen LogP contribution in [0.5, 0.6) is 0 Å². The Morgan fingerprint density at radius 1 is 1.37 bits per heavy atom. The van der Waals surface area contributed by atoms with Crippen molar-refractivity contribution in [2.45, 2.75) is 32.2 Å². The summed E-state index contributed by atoms with van der Waals surface area (Å²) in [6, 6.07) is 3.97. The summed E-state index contributed by atoms with van der Waals surface area (Å²) < 4.78 is 0. The molecule has 6 heteroatoms. The number of anilines is 2. The Morgan fingerprint density at radius 3 is 2.79 bits per heavy atom. The van der Waals surface area contributed by atoms with Gasteiger partial charge >= 0.3 is 0 Å². The van der Waals surface area contributed by atoms with Crippen LogP contribution < -0.4 is 16.6 Å². The maximum absolute atomic E-state index is 5.46. The molecule has 0 unspecified atom stereocenters. The summed E-state index contributed by atoms with van der Waals surface area (Å²) in [6.45, 7) is 2.91. The molecule has 0 atom stereocenters. The number of nitrogens with zero attached hydrogens (tertiary/aromatic N) is 2. The molecule has 0 bridgehead atoms. The summed E-state index contributed by atoms with van der Waals surface area (Å²) in [7, 11) is 0. The summed E-state index contributed by atoms with van der Waals surface area (Å²) in [5.41, 5.74) is 3.92. The van der Waals surface area contributed by atoms with Gasteiger partial charge in [-0.2, -0.15) is 0 Å². The molecule has 1 aliphatic rings. The Hall–Kier alpha value is -1.66. The van der Waals surface area contributed by atoms with Gasteiger partial charge in [-0.3, -0.25) is 0 Å². The molecule has 3 rings (SSSR count). The summed E-state index contributed by atoms with van der Waals surface area (Å²) in [5.74, 6) is 8.36. The fraction of sp³-hybridized carbons (Fsp3) is 0.385. The molecule has 1 fully saturated rings. The number of nitrogens with one attached hydrogen (secondary N) is 2. The molecular weight excluding hydrogens is 258 g/mol. The highest BCUT2D eigenvalue weighted by Crippen LogP contribution is 2.38. The van der Waals surface area contributed by atoms with E-state index in [0.717, 1.165) is 18.2 Å². The van der Waals surface area contributed by atoms with Crippen LogP contribution in [-0.2, 0) is 6.54 Å². The van der Waals surface area contributed by atoms with E-state index in [1.54, 1.807) is 11.3 Å². The Morgan fingerprint density at radius 2 is 2.16 bits per heavy atom. The number of hydrogen-bond donors (Lipinski definition) is 3. The maximum atomic E-state index is 5.46. The fourth-order valence-electron chi connectivity index (χ4n) is 1.91. The second-order valence-corrected chi connectivity index (χ2v) is 5.80. The van der Waals surface area contributed by atoms with Crippen LogP contribution >= 0.6 is 11.3 Å². The zero-order chi connectivity index (χ0) is 13.2. The van der Waals surface area contributed by atoms with Crippen LogP contribution in [0, 0.1) is 6.92 Å². The number of thiophene rings is 1. The molecule has 4 N–H and O–H groups in total. The number of aromatic nitrogens is 2. The van der Waals surface area contributed by atoms with Gasteiger partial charge in [0.25, 0.3) is 0 Å². The van der Waals surface area contributed by atoms with Crippen molar-refractivity contribution in [1.29, 1.82) is 0 Å². The van der Waals surface area contributed by atoms with Crippen LogP contribution in [0.1, 0.15) is 35.0 Å². The minimum absolute atomic E-state index is 0.511. The van der Waals surface area contributed by atoms with Crippen molar-refractivity contribution < 1.29 is 0 Å². The number of nitrogen functional groups attached to an aromatic ring is 1. The summed E-state index contributed by atoms with van der Waals surface area (Å²) >= 11 is 1.76. The van der Waals surface area contributed by atoms with E-state index >= 15 is 0 Å². The van der Waals surface area contributed by atoms with Gasteiger partial charge < -0.3 is 10.7 Å². The van der Waals surface area contributed by atoms with Crippen LogP contribution in [0.25, 0.3) is 0 Å². The first-order chi connectivity index (χ1) is 9.26. The van der Waals surface area contributed by atoms with E-state index in [1.807, 2.05) is 6.07 Å². The lowest BCUT2D eigenvalue weighted by atomic mass is 10.3. The lowest BCUT2D eigenvalue weighted by Crippen LogP contribution is -2.12. The highest BCUT2D eigenvalue weighted by molar-refractivity contribution is 7.10. The number of hydrazine groups is 1. The molecule has 0 aliphatic heterocycles. The molecule has 0 saturated heterocycles. The Kier molecular flexibility index (Phi) is 3.35. The third-order valence-corrected chi connectivity index (χ3v) is 4.26. The van der Waals surface area contributed by atoms with Gasteiger partial charge in [0.2, 0.25) is 0 Å². The third-order valence-electron chi connectivity index (χ3n) is 3.23. The lowest BCUT2D eigenvalue weighted by Gasteiger charge is -2.09. The molecule has 1 aliphatic carbocycles. The second-order valence-electron chi connectivity index (χ2n) is 4.80. The fourth-order valence-corrected chi connectivity index (χ4v) is 2.76. The first kappa shape index (κ1) is 12.4. The van der Waals surface area contributed by atoms with Crippen molar-refractivity contribution in [3.05, 3.63) is 33.8 Å². The van der Waals surface area contributed by atoms with E-state index in [9.17, 15) is 0 Å². The van der Waals surface area contributed by atoms with Gasteiger partial charge in [-0.25, -0.2) is 15.8 Å². The zero-order valence-corrected chi connectivity index (χ0v) is 11.6. The zero-order valence-electron chi connectivity index (χ0n) is 10.8. The first-order valence-electron chi connectivity index (χ1n) is 6.38. The lowest BCUT2D eigenvalue weighted by molar-refractivity contribution is 0.921. The van der Waals surface area contributed by atoms with Gasteiger partial charge in [-0.05, 0) is 36.8 Å². The predicted molar refractivity (Wildman–Crippen MR) is 78.2 cm³/mol. The Labute approximate surface area is 116 Å². The normalized spacial score (nSPS) is 14.4. The summed E-state index contributed by atoms with van der Waals surface area (Å²) in [4.78, 5) is 10.3. The smallest absolute Gasteiger partial charge is 0.145 e. The Balaban J connectivity index is 1.76. The van der Waals surface area contributed by atoms with Crippen molar-refractivity contribution in [2.75, 3.05) is 10.7 Å². The molecule has 2 aromatic rings. The van der Waals surface area contributed by atoms with E-state index in [0.29, 0.717) is 11.7 Å². The quantitative estimate of drug-likeness (QED) is 0.577. The molecule has 1 saturated carbocycles. The molecular formula is C13H17N5S. The first-order valence-corrected chi connectivity index (χ1v) is 7.26. The average molecular weight is 275 g/mol. The summed E-state index contributed by atoms with van der Waals surface area (Å²) in [6.07, 6.45) is 2.36. The SMILES string of the molecule is Cc1ccsc1CNc1cc(NN)nc(C2CC2)n1. The van der Waals surface area contributed by atoms with Crippen LogP contribution in [-0.4, -0.2) is 9.97 Å². The van der Waals surface area contributed by atoms with Crippen LogP contribution in [0.4, 0.5) is 11.6 Å². The largest absolute Gasteiger partial charge is 0.365 e. The Bertz CT molecular complexity index is 576. The summed E-state index contributed by atoms with van der Waals surface area (Å²) in [5, 5.41) is 5.46. The molecule has 5 nitrogen and oxygen atoms in total. The van der Waals surface area contributed by atoms with E-state index in [4.69, 9.17) is 5.84 Å². The second kappa shape index (κ2) is 5.14. The van der Waals surface area contributed by atoms with E-state index in [-0.39, 0.29) is 0 Å². The number of hydrogen-bond acceptors (Lipinski definition) is 6. The van der Waals surface area contributed by atoms with Gasteiger partial charge in [-0.15, -0.1) is 11.3 Å². The van der Waals surface area contributed by atoms with E-state index in [1.165, 1.54) is 23.3 Å². The topological polar surface area (TPSA) is 75.9 Å². The highest BCUT2D eigenvalue weighted by atomic mass is 32.1. The van der Waals surface area contributed by atoms with Gasteiger partial charge in [0, 0.05) is 16.9 Å². The molecule has 19 heavy (non-hydrogen) atoms. The maximum Gasteiger partial charge on any atom is 0.145 e. The monoisotopic (exact) mass is 275 g/mol. The predicted octanol–water partition coefficient (Wildman–Crippen LogP) is 2.62. The number of nitrogens with two attached hydrogens (primary N) is 1. The molecule has 2 aromatic heterocycles. The molecule has 2 heterocycles. The average Bonchev–Trinajstić information content (AvgIpc) is 3.20. The van der Waals surface area contributed by atoms with Crippen molar-refractivity contribution in [3.63, 3.8) is 0 Å². The number of rotatable bonds is 5. The molecule has 0 radical (unpaired) electrons. The standard InChI is InChI=1S/C13H17N5S/c1-8-4-5-19-10(8)7-15-11-6-12(18-14)17-13(16-11)9-2-3-9/h4-6,9H,2-3,7,14H2,1H3,(H2,15,16,17,18). The van der Waals surface area contributed by atoms with Gasteiger partial charge in [0.15, 0.2) is 0 Å². The van der Waals surface area contributed by atoms with E-state index < -0.39 is 0 Å². The van der Waals surface area contributed by atoms with Crippen molar-refractivity contribution in [2.24, 2.45) is 5.84 Å². The van der Waals surface area contributed by atoms with Crippen molar-refractivity contribution in [3.8, 4) is 0 Å². The number of aryl methyl sites for hydroxylation is 1. The minimum atomic E-state index is 0.511. The van der Waals surface area contributed by atoms with Gasteiger partial charge in [-0.1, -0.05) is 0 Å². The van der Waals surface area contributed by atoms with Crippen LogP contribution in [0.15, 0.2) is 17.5 Å². The molecule has 0 aromatic carbocycles. The highest BCUT2D eigenvalue weighted by Gasteiger charge is 2.27. The van der Waals surface area contributed by atoms with E-state index in [2.05, 4.69) is 39.1 Å². The van der Waals surface area contributed by atoms with Gasteiger partial charge in [0.05, 0.1) is 6.54 Å². The molecule has 0 spiro atoms. The van der Waals surface area contributed by atoms with Crippen LogP contribution in [0.2, 0.25) is 0 Å². The van der Waals surface area contributed by atoms with Crippen LogP contribution in [0.3, 0.4) is 0 Å². The van der Waals surface area contributed by atoms with Crippen molar-refractivity contribution >= 4 is 23.0 Å². The van der Waals surface area contributed by atoms with Gasteiger partial charge in [0.1, 0.15) is 17.5 Å². The minimum Gasteiger partial charge on any atom is -0.365 e. The third kappa shape index (κ3) is 2.85. The molecule has 0 amide bonds. The molecule has 100 valence electrons.